The maximum atomic E-state index is 5.64. The van der Waals surface area contributed by atoms with Gasteiger partial charge in [0.2, 0.25) is 0 Å². The molecule has 0 amide bonds. The van der Waals surface area contributed by atoms with E-state index in [9.17, 15) is 0 Å². The van der Waals surface area contributed by atoms with Gasteiger partial charge in [-0.05, 0) is 37.2 Å². The molecule has 0 fully saturated rings. The van der Waals surface area contributed by atoms with Gasteiger partial charge in [-0.1, -0.05) is 29.3 Å². The highest BCUT2D eigenvalue weighted by Crippen LogP contribution is 2.22. The molecule has 0 spiro atoms. The molecule has 0 unspecified atom stereocenters. The van der Waals surface area contributed by atoms with Crippen LogP contribution in [-0.4, -0.2) is 13.7 Å². The molecule has 84 valence electrons. The van der Waals surface area contributed by atoms with Gasteiger partial charge in [-0.2, -0.15) is 0 Å². The van der Waals surface area contributed by atoms with E-state index in [2.05, 4.69) is 34.2 Å². The summed E-state index contributed by atoms with van der Waals surface area (Å²) in [5.41, 5.74) is 1.23. The zero-order chi connectivity index (χ0) is 11.1. The maximum absolute atomic E-state index is 5.64. The topological polar surface area (TPSA) is 21.3 Å². The zero-order valence-electron chi connectivity index (χ0n) is 9.35. The zero-order valence-corrected chi connectivity index (χ0v) is 10.9. The van der Waals surface area contributed by atoms with Crippen molar-refractivity contribution >= 4 is 15.9 Å². The van der Waals surface area contributed by atoms with Crippen LogP contribution in [0.2, 0.25) is 0 Å². The molecule has 0 atom stereocenters. The summed E-state index contributed by atoms with van der Waals surface area (Å²) in [4.78, 5) is 0. The second-order valence-corrected chi connectivity index (χ2v) is 4.34. The normalized spacial score (nSPS) is 10.3. The van der Waals surface area contributed by atoms with Crippen LogP contribution in [-0.2, 0) is 6.54 Å². The SMILES string of the molecule is CCCCOc1ccc(Br)c(CNC)c1. The summed E-state index contributed by atoms with van der Waals surface area (Å²) in [5.74, 6) is 0.955. The summed E-state index contributed by atoms with van der Waals surface area (Å²) in [5, 5.41) is 3.13. The van der Waals surface area contributed by atoms with E-state index in [4.69, 9.17) is 4.74 Å². The molecule has 0 bridgehead atoms. The molecule has 0 saturated carbocycles. The Morgan fingerprint density at radius 2 is 2.20 bits per heavy atom. The van der Waals surface area contributed by atoms with Gasteiger partial charge in [-0.25, -0.2) is 0 Å². The lowest BCUT2D eigenvalue weighted by atomic mass is 10.2. The van der Waals surface area contributed by atoms with Crippen molar-refractivity contribution < 1.29 is 4.74 Å². The Morgan fingerprint density at radius 1 is 1.40 bits per heavy atom. The maximum Gasteiger partial charge on any atom is 0.119 e. The van der Waals surface area contributed by atoms with Gasteiger partial charge in [0, 0.05) is 11.0 Å². The van der Waals surface area contributed by atoms with Crippen LogP contribution in [0, 0.1) is 0 Å². The summed E-state index contributed by atoms with van der Waals surface area (Å²) in [6, 6.07) is 6.11. The molecular formula is C12H18BrNO. The molecule has 0 saturated heterocycles. The Hall–Kier alpha value is -0.540. The fraction of sp³-hybridized carbons (Fsp3) is 0.500. The highest BCUT2D eigenvalue weighted by atomic mass is 79.9. The van der Waals surface area contributed by atoms with Gasteiger partial charge in [-0.3, -0.25) is 0 Å². The highest BCUT2D eigenvalue weighted by molar-refractivity contribution is 9.10. The second-order valence-electron chi connectivity index (χ2n) is 3.49. The summed E-state index contributed by atoms with van der Waals surface area (Å²) >= 11 is 3.52. The molecule has 0 aliphatic carbocycles. The van der Waals surface area contributed by atoms with Crippen molar-refractivity contribution in [2.24, 2.45) is 0 Å². The summed E-state index contributed by atoms with van der Waals surface area (Å²) < 4.78 is 6.76. The van der Waals surface area contributed by atoms with Gasteiger partial charge in [-0.15, -0.1) is 0 Å². The van der Waals surface area contributed by atoms with Crippen LogP contribution in [0.3, 0.4) is 0 Å². The van der Waals surface area contributed by atoms with Crippen LogP contribution >= 0.6 is 15.9 Å². The van der Waals surface area contributed by atoms with E-state index >= 15 is 0 Å². The van der Waals surface area contributed by atoms with Crippen LogP contribution in [0.15, 0.2) is 22.7 Å². The first-order chi connectivity index (χ1) is 7.27. The van der Waals surface area contributed by atoms with E-state index in [1.165, 1.54) is 12.0 Å². The van der Waals surface area contributed by atoms with Gasteiger partial charge < -0.3 is 10.1 Å². The minimum atomic E-state index is 0.803. The summed E-state index contributed by atoms with van der Waals surface area (Å²) in [7, 11) is 1.94. The monoisotopic (exact) mass is 271 g/mol. The standard InChI is InChI=1S/C12H18BrNO/c1-3-4-7-15-11-5-6-12(13)10(8-11)9-14-2/h5-6,8,14H,3-4,7,9H2,1-2H3. The molecule has 1 aromatic rings. The largest absolute Gasteiger partial charge is 0.494 e. The van der Waals surface area contributed by atoms with Crippen LogP contribution in [0.25, 0.3) is 0 Å². The highest BCUT2D eigenvalue weighted by Gasteiger charge is 2.01. The number of nitrogens with one attached hydrogen (secondary N) is 1. The number of hydrogen-bond acceptors (Lipinski definition) is 2. The second kappa shape index (κ2) is 6.85. The molecule has 1 rings (SSSR count). The Balaban J connectivity index is 2.61. The van der Waals surface area contributed by atoms with E-state index in [1.54, 1.807) is 0 Å². The molecule has 3 heteroatoms. The fourth-order valence-electron chi connectivity index (χ4n) is 1.30. The van der Waals surface area contributed by atoms with Gasteiger partial charge in [0.15, 0.2) is 0 Å². The number of rotatable bonds is 6. The van der Waals surface area contributed by atoms with Crippen molar-refractivity contribution in [1.29, 1.82) is 0 Å². The molecule has 1 N–H and O–H groups in total. The predicted octanol–water partition coefficient (Wildman–Crippen LogP) is 3.35. The number of hydrogen-bond donors (Lipinski definition) is 1. The lowest BCUT2D eigenvalue weighted by Crippen LogP contribution is -2.06. The molecule has 0 aromatic heterocycles. The molecule has 1 aromatic carbocycles. The van der Waals surface area contributed by atoms with Crippen molar-refractivity contribution in [1.82, 2.24) is 5.32 Å². The molecule has 0 aliphatic heterocycles. The predicted molar refractivity (Wildman–Crippen MR) is 67.3 cm³/mol. The van der Waals surface area contributed by atoms with Crippen molar-refractivity contribution in [3.05, 3.63) is 28.2 Å². The first kappa shape index (κ1) is 12.5. The van der Waals surface area contributed by atoms with E-state index in [0.717, 1.165) is 29.8 Å². The van der Waals surface area contributed by atoms with E-state index in [-0.39, 0.29) is 0 Å². The third-order valence-electron chi connectivity index (χ3n) is 2.15. The van der Waals surface area contributed by atoms with Gasteiger partial charge in [0.05, 0.1) is 6.61 Å². The fourth-order valence-corrected chi connectivity index (χ4v) is 1.69. The molecule has 2 nitrogen and oxygen atoms in total. The van der Waals surface area contributed by atoms with Crippen molar-refractivity contribution in [3.8, 4) is 5.75 Å². The van der Waals surface area contributed by atoms with Gasteiger partial charge in [0.1, 0.15) is 5.75 Å². The first-order valence-electron chi connectivity index (χ1n) is 5.33. The first-order valence-corrected chi connectivity index (χ1v) is 6.13. The van der Waals surface area contributed by atoms with Crippen LogP contribution in [0.1, 0.15) is 25.3 Å². The third kappa shape index (κ3) is 4.22. The van der Waals surface area contributed by atoms with Gasteiger partial charge in [0.25, 0.3) is 0 Å². The average Bonchev–Trinajstić information content (AvgIpc) is 2.23. The number of benzene rings is 1. The number of unbranched alkanes of at least 4 members (excludes halogenated alkanes) is 1. The van der Waals surface area contributed by atoms with Crippen LogP contribution in [0.5, 0.6) is 5.75 Å². The average molecular weight is 272 g/mol. The Kier molecular flexibility index (Phi) is 5.73. The molecule has 0 radical (unpaired) electrons. The smallest absolute Gasteiger partial charge is 0.119 e. The molecule has 0 heterocycles. The lowest BCUT2D eigenvalue weighted by molar-refractivity contribution is 0.309. The quantitative estimate of drug-likeness (QED) is 0.802. The van der Waals surface area contributed by atoms with Crippen molar-refractivity contribution in [2.45, 2.75) is 26.3 Å². The minimum Gasteiger partial charge on any atom is -0.494 e. The van der Waals surface area contributed by atoms with E-state index < -0.39 is 0 Å². The van der Waals surface area contributed by atoms with Crippen LogP contribution in [0.4, 0.5) is 0 Å². The lowest BCUT2D eigenvalue weighted by Gasteiger charge is -2.09. The van der Waals surface area contributed by atoms with Crippen LogP contribution < -0.4 is 10.1 Å². The number of halogens is 1. The summed E-state index contributed by atoms with van der Waals surface area (Å²) in [6.07, 6.45) is 2.28. The van der Waals surface area contributed by atoms with Crippen molar-refractivity contribution in [2.75, 3.05) is 13.7 Å². The van der Waals surface area contributed by atoms with E-state index in [0.29, 0.717) is 0 Å². The Bertz CT molecular complexity index is 302. The summed E-state index contributed by atoms with van der Waals surface area (Å²) in [6.45, 7) is 3.82. The van der Waals surface area contributed by atoms with Crippen molar-refractivity contribution in [3.63, 3.8) is 0 Å². The molecule has 0 aliphatic rings. The van der Waals surface area contributed by atoms with E-state index in [1.807, 2.05) is 19.2 Å². The van der Waals surface area contributed by atoms with Gasteiger partial charge >= 0.3 is 0 Å². The molecular weight excluding hydrogens is 254 g/mol. The molecule has 15 heavy (non-hydrogen) atoms. The third-order valence-corrected chi connectivity index (χ3v) is 2.92. The number of ether oxygens (including phenoxy) is 1. The Labute approximate surface area is 100 Å². The minimum absolute atomic E-state index is 0.803. The Morgan fingerprint density at radius 3 is 2.87 bits per heavy atom.